The molecule has 1 aliphatic heterocycles. The van der Waals surface area contributed by atoms with Crippen molar-refractivity contribution in [2.24, 2.45) is 0 Å². The van der Waals surface area contributed by atoms with Crippen molar-refractivity contribution < 1.29 is 22.1 Å². The lowest BCUT2D eigenvalue weighted by Crippen LogP contribution is -2.37. The fourth-order valence-corrected chi connectivity index (χ4v) is 3.74. The predicted molar refractivity (Wildman–Crippen MR) is 107 cm³/mol. The number of hydrogen-bond donors (Lipinski definition) is 0. The molecule has 1 heterocycles. The first-order valence-corrected chi connectivity index (χ1v) is 11.1. The zero-order chi connectivity index (χ0) is 20.1. The van der Waals surface area contributed by atoms with Crippen molar-refractivity contribution in [3.8, 4) is 5.75 Å². The Morgan fingerprint density at radius 1 is 1.18 bits per heavy atom. The van der Waals surface area contributed by atoms with Gasteiger partial charge in [0.05, 0.1) is 12.4 Å². The van der Waals surface area contributed by atoms with Crippen molar-refractivity contribution >= 4 is 16.0 Å². The van der Waals surface area contributed by atoms with Crippen molar-refractivity contribution in [2.45, 2.75) is 32.4 Å². The van der Waals surface area contributed by atoms with Crippen LogP contribution in [0, 0.1) is 6.92 Å². The molecular formula is C21H25NO5S. The average Bonchev–Trinajstić information content (AvgIpc) is 3.14. The third-order valence-corrected chi connectivity index (χ3v) is 5.15. The molecule has 0 spiro atoms. The van der Waals surface area contributed by atoms with Gasteiger partial charge in [0.15, 0.2) is 0 Å². The highest BCUT2D eigenvalue weighted by molar-refractivity contribution is 7.86. The first kappa shape index (κ1) is 20.4. The lowest BCUT2D eigenvalue weighted by molar-refractivity contribution is 0.0506. The first-order valence-electron chi connectivity index (χ1n) is 9.27. The lowest BCUT2D eigenvalue weighted by atomic mass is 10.1. The van der Waals surface area contributed by atoms with Crippen molar-refractivity contribution in [2.75, 3.05) is 19.4 Å². The van der Waals surface area contributed by atoms with Gasteiger partial charge < -0.3 is 13.8 Å². The minimum absolute atomic E-state index is 0.0370. The molecule has 0 aromatic heterocycles. The molecule has 1 atom stereocenters. The van der Waals surface area contributed by atoms with Crippen LogP contribution in [0.3, 0.4) is 0 Å². The maximum Gasteiger partial charge on any atom is 0.306 e. The van der Waals surface area contributed by atoms with Crippen molar-refractivity contribution in [1.29, 1.82) is 0 Å². The van der Waals surface area contributed by atoms with Crippen LogP contribution in [-0.2, 0) is 21.4 Å². The van der Waals surface area contributed by atoms with Gasteiger partial charge in [0.25, 0.3) is 5.91 Å². The molecule has 1 saturated heterocycles. The Labute approximate surface area is 166 Å². The summed E-state index contributed by atoms with van der Waals surface area (Å²) < 4.78 is 33.1. The molecule has 3 rings (SSSR count). The van der Waals surface area contributed by atoms with Crippen LogP contribution < -0.4 is 4.18 Å². The van der Waals surface area contributed by atoms with Gasteiger partial charge in [-0.15, -0.1) is 0 Å². The molecule has 6 nitrogen and oxygen atoms in total. The highest BCUT2D eigenvalue weighted by Gasteiger charge is 2.24. The summed E-state index contributed by atoms with van der Waals surface area (Å²) in [6, 6.07) is 14.3. The summed E-state index contributed by atoms with van der Waals surface area (Å²) in [6.07, 6.45) is 3.00. The average molecular weight is 404 g/mol. The van der Waals surface area contributed by atoms with Crippen LogP contribution in [0.25, 0.3) is 0 Å². The van der Waals surface area contributed by atoms with Gasteiger partial charge in [0, 0.05) is 25.3 Å². The second kappa shape index (κ2) is 8.75. The molecule has 2 aromatic rings. The minimum atomic E-state index is -3.56. The third-order valence-electron chi connectivity index (χ3n) is 4.66. The normalized spacial score (nSPS) is 16.7. The second-order valence-corrected chi connectivity index (χ2v) is 8.64. The molecule has 150 valence electrons. The van der Waals surface area contributed by atoms with E-state index in [1.807, 2.05) is 31.2 Å². The molecule has 28 heavy (non-hydrogen) atoms. The zero-order valence-corrected chi connectivity index (χ0v) is 16.9. The number of nitrogens with zero attached hydrogens (tertiary/aromatic N) is 1. The zero-order valence-electron chi connectivity index (χ0n) is 16.1. The Kier molecular flexibility index (Phi) is 6.36. The third kappa shape index (κ3) is 5.56. The largest absolute Gasteiger partial charge is 0.383 e. The standard InChI is InChI=1S/C21H25NO5S/c1-16-6-3-4-8-20(16)21(23)22(15-19-7-5-13-26-19)14-17-9-11-18(12-10-17)27-28(2,24)25/h3-4,6,8-12,19H,5,7,13-15H2,1-2H3/t19-/m1/s1. The van der Waals surface area contributed by atoms with Crippen LogP contribution >= 0.6 is 0 Å². The van der Waals surface area contributed by atoms with E-state index in [0.29, 0.717) is 18.7 Å². The van der Waals surface area contributed by atoms with Gasteiger partial charge in [-0.05, 0) is 49.1 Å². The Morgan fingerprint density at radius 3 is 2.50 bits per heavy atom. The number of benzene rings is 2. The lowest BCUT2D eigenvalue weighted by Gasteiger charge is -2.26. The number of hydrogen-bond acceptors (Lipinski definition) is 5. The molecule has 0 unspecified atom stereocenters. The fourth-order valence-electron chi connectivity index (χ4n) is 3.28. The van der Waals surface area contributed by atoms with Gasteiger partial charge in [-0.25, -0.2) is 0 Å². The molecule has 1 aliphatic rings. The van der Waals surface area contributed by atoms with Gasteiger partial charge >= 0.3 is 10.1 Å². The monoisotopic (exact) mass is 403 g/mol. The Morgan fingerprint density at radius 2 is 1.89 bits per heavy atom. The second-order valence-electron chi connectivity index (χ2n) is 7.07. The number of carbonyl (C=O) groups excluding carboxylic acids is 1. The summed E-state index contributed by atoms with van der Waals surface area (Å²) in [4.78, 5) is 15.0. The maximum atomic E-state index is 13.2. The summed E-state index contributed by atoms with van der Waals surface area (Å²) in [5, 5.41) is 0. The minimum Gasteiger partial charge on any atom is -0.383 e. The fraction of sp³-hybridized carbons (Fsp3) is 0.381. The molecule has 1 fully saturated rings. The SMILES string of the molecule is Cc1ccccc1C(=O)N(Cc1ccc(OS(C)(=O)=O)cc1)C[C@H]1CCCO1. The Bertz CT molecular complexity index is 918. The summed E-state index contributed by atoms with van der Waals surface area (Å²) >= 11 is 0. The van der Waals surface area contributed by atoms with Crippen LogP contribution in [-0.4, -0.2) is 44.7 Å². The van der Waals surface area contributed by atoms with Crippen molar-refractivity contribution in [3.05, 3.63) is 65.2 Å². The van der Waals surface area contributed by atoms with E-state index in [1.165, 1.54) is 0 Å². The molecule has 0 N–H and O–H groups in total. The molecule has 2 aromatic carbocycles. The van der Waals surface area contributed by atoms with Crippen molar-refractivity contribution in [1.82, 2.24) is 4.90 Å². The quantitative estimate of drug-likeness (QED) is 0.664. The van der Waals surface area contributed by atoms with E-state index in [2.05, 4.69) is 0 Å². The first-order chi connectivity index (χ1) is 13.3. The number of ether oxygens (including phenoxy) is 1. The van der Waals surface area contributed by atoms with E-state index < -0.39 is 10.1 Å². The van der Waals surface area contributed by atoms with E-state index in [9.17, 15) is 13.2 Å². The summed E-state index contributed by atoms with van der Waals surface area (Å²) in [7, 11) is -3.56. The topological polar surface area (TPSA) is 72.9 Å². The van der Waals surface area contributed by atoms with E-state index in [-0.39, 0.29) is 17.8 Å². The summed E-state index contributed by atoms with van der Waals surface area (Å²) in [5.74, 6) is 0.215. The van der Waals surface area contributed by atoms with Crippen LogP contribution in [0.2, 0.25) is 0 Å². The van der Waals surface area contributed by atoms with Crippen LogP contribution in [0.15, 0.2) is 48.5 Å². The number of rotatable bonds is 7. The molecule has 0 saturated carbocycles. The van der Waals surface area contributed by atoms with E-state index in [1.54, 1.807) is 29.2 Å². The highest BCUT2D eigenvalue weighted by atomic mass is 32.2. The van der Waals surface area contributed by atoms with Crippen molar-refractivity contribution in [3.63, 3.8) is 0 Å². The van der Waals surface area contributed by atoms with Gasteiger partial charge in [-0.1, -0.05) is 30.3 Å². The molecule has 0 radical (unpaired) electrons. The number of aryl methyl sites for hydroxylation is 1. The van der Waals surface area contributed by atoms with Gasteiger partial charge in [-0.2, -0.15) is 8.42 Å². The Balaban J connectivity index is 1.78. The number of carbonyl (C=O) groups is 1. The van der Waals surface area contributed by atoms with Crippen LogP contribution in [0.5, 0.6) is 5.75 Å². The molecule has 7 heteroatoms. The van der Waals surface area contributed by atoms with E-state index in [4.69, 9.17) is 8.92 Å². The van der Waals surface area contributed by atoms with Gasteiger partial charge in [0.1, 0.15) is 5.75 Å². The van der Waals surface area contributed by atoms with Crippen LogP contribution in [0.1, 0.15) is 34.3 Å². The van der Waals surface area contributed by atoms with E-state index >= 15 is 0 Å². The molecular weight excluding hydrogens is 378 g/mol. The molecule has 1 amide bonds. The smallest absolute Gasteiger partial charge is 0.306 e. The summed E-state index contributed by atoms with van der Waals surface area (Å²) in [5.41, 5.74) is 2.50. The van der Waals surface area contributed by atoms with E-state index in [0.717, 1.165) is 36.8 Å². The summed E-state index contributed by atoms with van der Waals surface area (Å²) in [6.45, 7) is 3.59. The highest BCUT2D eigenvalue weighted by Crippen LogP contribution is 2.20. The molecule has 0 bridgehead atoms. The maximum absolute atomic E-state index is 13.2. The predicted octanol–water partition coefficient (Wildman–Crippen LogP) is 3.15. The molecule has 0 aliphatic carbocycles. The van der Waals surface area contributed by atoms with Crippen LogP contribution in [0.4, 0.5) is 0 Å². The number of amides is 1. The van der Waals surface area contributed by atoms with Gasteiger partial charge in [-0.3, -0.25) is 4.79 Å². The Hall–Kier alpha value is -2.38. The van der Waals surface area contributed by atoms with Gasteiger partial charge in [0.2, 0.25) is 0 Å².